The number of pyridine rings is 1. The first-order chi connectivity index (χ1) is 21.5. The lowest BCUT2D eigenvalue weighted by atomic mass is 10.0. The van der Waals surface area contributed by atoms with E-state index in [1.165, 1.54) is 17.7 Å². The maximum Gasteiger partial charge on any atom is 0.335 e. The Hall–Kier alpha value is -4.98. The Labute approximate surface area is 250 Å². The molecule has 0 fully saturated rings. The van der Waals surface area contributed by atoms with Gasteiger partial charge in [0.1, 0.15) is 35.4 Å². The van der Waals surface area contributed by atoms with Gasteiger partial charge in [-0.1, -0.05) is 12.1 Å². The molecule has 0 bridgehead atoms. The van der Waals surface area contributed by atoms with Gasteiger partial charge in [0.25, 0.3) is 12.3 Å². The zero-order valence-electron chi connectivity index (χ0n) is 23.3. The largest absolute Gasteiger partial charge is 0.478 e. The molecule has 5 aromatic rings. The molecule has 1 N–H and O–H groups in total. The summed E-state index contributed by atoms with van der Waals surface area (Å²) >= 11 is 0. The minimum Gasteiger partial charge on any atom is -0.478 e. The number of hydrogen-bond donors (Lipinski definition) is 1. The zero-order chi connectivity index (χ0) is 32.4. The van der Waals surface area contributed by atoms with Gasteiger partial charge in [-0.25, -0.2) is 45.5 Å². The molecule has 0 amide bonds. The van der Waals surface area contributed by atoms with Crippen LogP contribution in [0.3, 0.4) is 0 Å². The quantitative estimate of drug-likeness (QED) is 0.154. The Kier molecular flexibility index (Phi) is 9.04. The van der Waals surface area contributed by atoms with Crippen molar-refractivity contribution in [2.24, 2.45) is 0 Å². The van der Waals surface area contributed by atoms with Crippen molar-refractivity contribution in [2.75, 3.05) is 13.7 Å². The molecule has 0 saturated heterocycles. The lowest BCUT2D eigenvalue weighted by Crippen LogP contribution is -2.10. The van der Waals surface area contributed by atoms with E-state index in [4.69, 9.17) is 9.47 Å². The second-order valence-corrected chi connectivity index (χ2v) is 9.83. The molecule has 7 nitrogen and oxygen atoms in total. The maximum atomic E-state index is 15.4. The summed E-state index contributed by atoms with van der Waals surface area (Å²) in [5.74, 6) is -6.68. The molecular formula is C31H22F7N3O4. The lowest BCUT2D eigenvalue weighted by molar-refractivity contribution is 0.0696. The van der Waals surface area contributed by atoms with Gasteiger partial charge in [-0.3, -0.25) is 0 Å². The van der Waals surface area contributed by atoms with Crippen molar-refractivity contribution >= 4 is 17.0 Å². The first-order valence-electron chi connectivity index (χ1n) is 13.2. The smallest absolute Gasteiger partial charge is 0.335 e. The summed E-state index contributed by atoms with van der Waals surface area (Å²) in [5.41, 5.74) is -1.82. The van der Waals surface area contributed by atoms with Gasteiger partial charge >= 0.3 is 5.97 Å². The van der Waals surface area contributed by atoms with Crippen LogP contribution in [-0.4, -0.2) is 39.3 Å². The number of alkyl halides is 2. The third-order valence-electron chi connectivity index (χ3n) is 6.92. The van der Waals surface area contributed by atoms with Crippen LogP contribution < -0.4 is 4.74 Å². The molecule has 0 aliphatic carbocycles. The van der Waals surface area contributed by atoms with Crippen molar-refractivity contribution in [1.82, 2.24) is 14.5 Å². The van der Waals surface area contributed by atoms with Crippen LogP contribution in [-0.2, 0) is 24.3 Å². The van der Waals surface area contributed by atoms with Crippen LogP contribution in [0.2, 0.25) is 0 Å². The van der Waals surface area contributed by atoms with Gasteiger partial charge in [0.15, 0.2) is 11.6 Å². The first-order valence-corrected chi connectivity index (χ1v) is 13.2. The molecule has 0 spiro atoms. The lowest BCUT2D eigenvalue weighted by Gasteiger charge is -2.12. The van der Waals surface area contributed by atoms with E-state index in [9.17, 15) is 31.9 Å². The molecule has 2 aromatic heterocycles. The number of fused-ring (bicyclic) bond motifs is 1. The highest BCUT2D eigenvalue weighted by molar-refractivity contribution is 5.92. The topological polar surface area (TPSA) is 86.5 Å². The second kappa shape index (κ2) is 12.9. The van der Waals surface area contributed by atoms with E-state index in [2.05, 4.69) is 9.97 Å². The number of nitrogens with zero attached hydrogens (tertiary/aromatic N) is 3. The highest BCUT2D eigenvalue weighted by Gasteiger charge is 2.21. The minimum absolute atomic E-state index is 0.107. The van der Waals surface area contributed by atoms with E-state index in [1.807, 2.05) is 0 Å². The number of methoxy groups -OCH3 is 1. The van der Waals surface area contributed by atoms with Crippen LogP contribution in [0.4, 0.5) is 30.7 Å². The summed E-state index contributed by atoms with van der Waals surface area (Å²) in [6, 6.07) is 8.35. The number of ether oxygens (including phenoxy) is 2. The summed E-state index contributed by atoms with van der Waals surface area (Å²) in [6.45, 7) is -0.353. The number of imidazole rings is 1. The standard InChI is InChI=1S/C31H22F7N3O4/c1-44-7-6-41-26-11-18(31(42)43)10-24(36)28(26)40-27(41)12-17-9-23(35)19(13-22(17)34)25-5-4-20(32)30(39-25)45-14-16-3-2-15(29(37)38)8-21(16)33/h2-5,8-11,13,29H,6-7,12,14H2,1H3,(H,42,43). The van der Waals surface area contributed by atoms with E-state index in [0.29, 0.717) is 6.07 Å². The van der Waals surface area contributed by atoms with Crippen molar-refractivity contribution in [3.05, 3.63) is 112 Å². The third kappa shape index (κ3) is 6.60. The van der Waals surface area contributed by atoms with Gasteiger partial charge in [0.2, 0.25) is 0 Å². The third-order valence-corrected chi connectivity index (χ3v) is 6.92. The Morgan fingerprint density at radius 1 is 0.867 bits per heavy atom. The fourth-order valence-corrected chi connectivity index (χ4v) is 4.65. The van der Waals surface area contributed by atoms with Crippen LogP contribution >= 0.6 is 0 Å². The van der Waals surface area contributed by atoms with Crippen molar-refractivity contribution in [2.45, 2.75) is 26.0 Å². The van der Waals surface area contributed by atoms with Gasteiger partial charge in [0, 0.05) is 36.8 Å². The molecular weight excluding hydrogens is 611 g/mol. The average molecular weight is 634 g/mol. The van der Waals surface area contributed by atoms with Gasteiger partial charge < -0.3 is 19.1 Å². The van der Waals surface area contributed by atoms with Crippen molar-refractivity contribution in [3.8, 4) is 17.1 Å². The molecule has 0 aliphatic heterocycles. The molecule has 0 aliphatic rings. The number of carboxylic acid groups (broad SMARTS) is 1. The number of carbonyl (C=O) groups is 1. The predicted molar refractivity (Wildman–Crippen MR) is 147 cm³/mol. The Bertz CT molecular complexity index is 1910. The van der Waals surface area contributed by atoms with Crippen LogP contribution in [0, 0.1) is 29.1 Å². The van der Waals surface area contributed by atoms with E-state index >= 15 is 8.78 Å². The highest BCUT2D eigenvalue weighted by atomic mass is 19.3. The number of benzene rings is 3. The van der Waals surface area contributed by atoms with E-state index in [1.54, 1.807) is 0 Å². The monoisotopic (exact) mass is 633 g/mol. The summed E-state index contributed by atoms with van der Waals surface area (Å²) in [6.07, 6.45) is -3.20. The molecule has 0 saturated carbocycles. The van der Waals surface area contributed by atoms with Gasteiger partial charge in [-0.05, 0) is 48.0 Å². The Morgan fingerprint density at radius 2 is 1.62 bits per heavy atom. The number of hydrogen-bond acceptors (Lipinski definition) is 5. The molecule has 0 unspecified atom stereocenters. The number of aromatic carboxylic acids is 1. The Morgan fingerprint density at radius 3 is 2.31 bits per heavy atom. The average Bonchev–Trinajstić information content (AvgIpc) is 3.35. The van der Waals surface area contributed by atoms with Gasteiger partial charge in [-0.15, -0.1) is 0 Å². The molecule has 234 valence electrons. The maximum absolute atomic E-state index is 15.4. The van der Waals surface area contributed by atoms with E-state index in [-0.39, 0.29) is 64.4 Å². The normalized spacial score (nSPS) is 11.5. The summed E-state index contributed by atoms with van der Waals surface area (Å²) in [5, 5.41) is 9.33. The van der Waals surface area contributed by atoms with Crippen molar-refractivity contribution in [1.29, 1.82) is 0 Å². The van der Waals surface area contributed by atoms with E-state index in [0.717, 1.165) is 42.5 Å². The van der Waals surface area contributed by atoms with Crippen molar-refractivity contribution < 1.29 is 50.1 Å². The fraction of sp³-hybridized carbons (Fsp3) is 0.194. The summed E-state index contributed by atoms with van der Waals surface area (Å²) < 4.78 is 111. The molecule has 45 heavy (non-hydrogen) atoms. The molecule has 14 heteroatoms. The van der Waals surface area contributed by atoms with Crippen LogP contribution in [0.25, 0.3) is 22.3 Å². The second-order valence-electron chi connectivity index (χ2n) is 9.83. The van der Waals surface area contributed by atoms with Crippen LogP contribution in [0.5, 0.6) is 5.88 Å². The summed E-state index contributed by atoms with van der Waals surface area (Å²) in [4.78, 5) is 19.6. The molecule has 0 radical (unpaired) electrons. The van der Waals surface area contributed by atoms with Crippen LogP contribution in [0.15, 0.2) is 54.6 Å². The number of aromatic nitrogens is 3. The van der Waals surface area contributed by atoms with Gasteiger partial charge in [-0.2, -0.15) is 0 Å². The zero-order valence-corrected chi connectivity index (χ0v) is 23.3. The number of halogens is 7. The van der Waals surface area contributed by atoms with Crippen molar-refractivity contribution in [3.63, 3.8) is 0 Å². The number of carboxylic acids is 1. The SMILES string of the molecule is COCCn1c(Cc2cc(F)c(-c3ccc(F)c(OCc4ccc(C(F)F)cc4F)n3)cc2F)nc2c(F)cc(C(=O)O)cc21. The predicted octanol–water partition coefficient (Wildman–Crippen LogP) is 7.25. The molecule has 2 heterocycles. The summed E-state index contributed by atoms with van der Waals surface area (Å²) in [7, 11) is 1.42. The molecule has 3 aromatic carbocycles. The molecule has 0 atom stereocenters. The first kappa shape index (κ1) is 31.4. The minimum atomic E-state index is -2.89. The fourth-order valence-electron chi connectivity index (χ4n) is 4.65. The number of rotatable bonds is 11. The van der Waals surface area contributed by atoms with Gasteiger partial charge in [0.05, 0.1) is 23.4 Å². The highest BCUT2D eigenvalue weighted by Crippen LogP contribution is 2.30. The van der Waals surface area contributed by atoms with E-state index < -0.39 is 59.5 Å². The Balaban J connectivity index is 1.43. The molecule has 5 rings (SSSR count). The van der Waals surface area contributed by atoms with Crippen LogP contribution in [0.1, 0.15) is 39.3 Å².